The molecular formula is C15H21Cl2NO. The van der Waals surface area contributed by atoms with E-state index in [4.69, 9.17) is 27.9 Å². The first-order valence-electron chi connectivity index (χ1n) is 6.79. The summed E-state index contributed by atoms with van der Waals surface area (Å²) in [6.07, 6.45) is 2.42. The predicted octanol–water partition coefficient (Wildman–Crippen LogP) is 3.90. The van der Waals surface area contributed by atoms with Crippen LogP contribution in [0.5, 0.6) is 0 Å². The SMILES string of the molecule is CCC1CC1(CNCCOC)c1ccc(Cl)c(Cl)c1. The molecule has 0 heterocycles. The van der Waals surface area contributed by atoms with Crippen molar-refractivity contribution in [2.24, 2.45) is 5.92 Å². The van der Waals surface area contributed by atoms with Crippen LogP contribution in [0.1, 0.15) is 25.3 Å². The molecule has 0 amide bonds. The number of hydrogen-bond donors (Lipinski definition) is 1. The third-order valence-corrected chi connectivity index (χ3v) is 4.88. The standard InChI is InChI=1S/C15H21Cl2NO/c1-3-11-9-15(11,10-18-6-7-19-2)12-4-5-13(16)14(17)8-12/h4-5,8,11,18H,3,6-7,9-10H2,1-2H3. The summed E-state index contributed by atoms with van der Waals surface area (Å²) in [5.74, 6) is 0.736. The molecule has 0 spiro atoms. The number of ether oxygens (including phenoxy) is 1. The first kappa shape index (κ1) is 15.1. The molecular weight excluding hydrogens is 281 g/mol. The van der Waals surface area contributed by atoms with Gasteiger partial charge in [-0.1, -0.05) is 42.6 Å². The lowest BCUT2D eigenvalue weighted by Gasteiger charge is -2.19. The minimum Gasteiger partial charge on any atom is -0.383 e. The Labute approximate surface area is 125 Å². The Morgan fingerprint density at radius 2 is 2.16 bits per heavy atom. The summed E-state index contributed by atoms with van der Waals surface area (Å²) in [5.41, 5.74) is 1.54. The van der Waals surface area contributed by atoms with Crippen LogP contribution in [-0.2, 0) is 10.2 Å². The van der Waals surface area contributed by atoms with Crippen LogP contribution in [0.4, 0.5) is 0 Å². The van der Waals surface area contributed by atoms with Crippen molar-refractivity contribution in [2.75, 3.05) is 26.8 Å². The van der Waals surface area contributed by atoms with Gasteiger partial charge >= 0.3 is 0 Å². The molecule has 0 saturated heterocycles. The van der Waals surface area contributed by atoms with Gasteiger partial charge in [0.05, 0.1) is 16.7 Å². The molecule has 1 saturated carbocycles. The van der Waals surface area contributed by atoms with Crippen LogP contribution in [-0.4, -0.2) is 26.8 Å². The third kappa shape index (κ3) is 3.25. The molecule has 1 aliphatic carbocycles. The summed E-state index contributed by atoms with van der Waals surface area (Å²) in [6.45, 7) is 4.86. The van der Waals surface area contributed by atoms with E-state index in [1.54, 1.807) is 7.11 Å². The monoisotopic (exact) mass is 301 g/mol. The van der Waals surface area contributed by atoms with E-state index in [0.717, 1.165) is 25.6 Å². The van der Waals surface area contributed by atoms with E-state index in [9.17, 15) is 0 Å². The fraction of sp³-hybridized carbons (Fsp3) is 0.600. The summed E-state index contributed by atoms with van der Waals surface area (Å²) in [5, 5.41) is 4.76. The Bertz CT molecular complexity index is 438. The zero-order valence-electron chi connectivity index (χ0n) is 11.5. The van der Waals surface area contributed by atoms with Gasteiger partial charge < -0.3 is 10.1 Å². The average Bonchev–Trinajstić information content (AvgIpc) is 3.13. The van der Waals surface area contributed by atoms with E-state index in [2.05, 4.69) is 18.3 Å². The maximum Gasteiger partial charge on any atom is 0.0595 e. The summed E-state index contributed by atoms with van der Waals surface area (Å²) in [7, 11) is 1.72. The van der Waals surface area contributed by atoms with Gasteiger partial charge in [0.25, 0.3) is 0 Å². The van der Waals surface area contributed by atoms with Gasteiger partial charge in [0.2, 0.25) is 0 Å². The topological polar surface area (TPSA) is 21.3 Å². The quantitative estimate of drug-likeness (QED) is 0.771. The van der Waals surface area contributed by atoms with Crippen molar-refractivity contribution in [2.45, 2.75) is 25.2 Å². The average molecular weight is 302 g/mol. The van der Waals surface area contributed by atoms with E-state index >= 15 is 0 Å². The van der Waals surface area contributed by atoms with E-state index in [0.29, 0.717) is 10.0 Å². The Morgan fingerprint density at radius 3 is 2.74 bits per heavy atom. The Morgan fingerprint density at radius 1 is 1.37 bits per heavy atom. The summed E-state index contributed by atoms with van der Waals surface area (Å²) < 4.78 is 5.07. The van der Waals surface area contributed by atoms with Crippen LogP contribution in [0, 0.1) is 5.92 Å². The molecule has 0 bridgehead atoms. The van der Waals surface area contributed by atoms with Crippen LogP contribution < -0.4 is 5.32 Å². The molecule has 2 rings (SSSR count). The van der Waals surface area contributed by atoms with E-state index in [1.807, 2.05) is 12.1 Å². The van der Waals surface area contributed by atoms with Crippen molar-refractivity contribution < 1.29 is 4.74 Å². The highest BCUT2D eigenvalue weighted by Crippen LogP contribution is 2.56. The zero-order valence-corrected chi connectivity index (χ0v) is 13.0. The van der Waals surface area contributed by atoms with Gasteiger partial charge in [-0.25, -0.2) is 0 Å². The second kappa shape index (κ2) is 6.45. The van der Waals surface area contributed by atoms with Crippen LogP contribution in [0.3, 0.4) is 0 Å². The minimum absolute atomic E-state index is 0.233. The molecule has 2 nitrogen and oxygen atoms in total. The van der Waals surface area contributed by atoms with E-state index in [-0.39, 0.29) is 5.41 Å². The third-order valence-electron chi connectivity index (χ3n) is 4.14. The Hall–Kier alpha value is -0.280. The van der Waals surface area contributed by atoms with Gasteiger partial charge in [-0.3, -0.25) is 0 Å². The minimum atomic E-state index is 0.233. The van der Waals surface area contributed by atoms with Crippen LogP contribution >= 0.6 is 23.2 Å². The predicted molar refractivity (Wildman–Crippen MR) is 81.3 cm³/mol. The molecule has 1 N–H and O–H groups in total. The number of methoxy groups -OCH3 is 1. The number of halogens is 2. The normalized spacial score (nSPS) is 25.6. The van der Waals surface area contributed by atoms with Gasteiger partial charge in [-0.05, 0) is 30.0 Å². The van der Waals surface area contributed by atoms with Crippen molar-refractivity contribution in [1.82, 2.24) is 5.32 Å². The highest BCUT2D eigenvalue weighted by atomic mass is 35.5. The molecule has 0 aromatic heterocycles. The molecule has 1 aromatic rings. The molecule has 2 unspecified atom stereocenters. The second-order valence-electron chi connectivity index (χ2n) is 5.26. The maximum absolute atomic E-state index is 6.15. The van der Waals surface area contributed by atoms with Gasteiger partial charge in [-0.15, -0.1) is 0 Å². The molecule has 1 aliphatic rings. The van der Waals surface area contributed by atoms with Crippen LogP contribution in [0.25, 0.3) is 0 Å². The Balaban J connectivity index is 2.09. The number of hydrogen-bond acceptors (Lipinski definition) is 2. The van der Waals surface area contributed by atoms with Crippen molar-refractivity contribution >= 4 is 23.2 Å². The first-order valence-corrected chi connectivity index (χ1v) is 7.55. The van der Waals surface area contributed by atoms with Crippen LogP contribution in [0.15, 0.2) is 18.2 Å². The van der Waals surface area contributed by atoms with E-state index < -0.39 is 0 Å². The van der Waals surface area contributed by atoms with E-state index in [1.165, 1.54) is 18.4 Å². The lowest BCUT2D eigenvalue weighted by Crippen LogP contribution is -2.31. The van der Waals surface area contributed by atoms with Gasteiger partial charge in [-0.2, -0.15) is 0 Å². The summed E-state index contributed by atoms with van der Waals surface area (Å²) >= 11 is 12.2. The van der Waals surface area contributed by atoms with Gasteiger partial charge in [0.15, 0.2) is 0 Å². The highest BCUT2D eigenvalue weighted by molar-refractivity contribution is 6.42. The highest BCUT2D eigenvalue weighted by Gasteiger charge is 2.53. The maximum atomic E-state index is 6.15. The second-order valence-corrected chi connectivity index (χ2v) is 6.08. The molecule has 19 heavy (non-hydrogen) atoms. The number of benzene rings is 1. The van der Waals surface area contributed by atoms with Crippen molar-refractivity contribution in [3.05, 3.63) is 33.8 Å². The molecule has 106 valence electrons. The molecule has 2 atom stereocenters. The molecule has 0 radical (unpaired) electrons. The zero-order chi connectivity index (χ0) is 13.9. The lowest BCUT2D eigenvalue weighted by atomic mass is 9.92. The fourth-order valence-electron chi connectivity index (χ4n) is 2.88. The van der Waals surface area contributed by atoms with Crippen LogP contribution in [0.2, 0.25) is 10.0 Å². The van der Waals surface area contributed by atoms with Gasteiger partial charge in [0.1, 0.15) is 0 Å². The summed E-state index contributed by atoms with van der Waals surface area (Å²) in [4.78, 5) is 0. The van der Waals surface area contributed by atoms with Crippen molar-refractivity contribution in [3.63, 3.8) is 0 Å². The largest absolute Gasteiger partial charge is 0.383 e. The Kier molecular flexibility index (Phi) is 5.13. The molecule has 4 heteroatoms. The van der Waals surface area contributed by atoms with Gasteiger partial charge in [0, 0.05) is 25.6 Å². The molecule has 0 aliphatic heterocycles. The molecule has 1 aromatic carbocycles. The lowest BCUT2D eigenvalue weighted by molar-refractivity contribution is 0.198. The van der Waals surface area contributed by atoms with Crippen molar-refractivity contribution in [1.29, 1.82) is 0 Å². The first-order chi connectivity index (χ1) is 9.14. The number of nitrogens with one attached hydrogen (secondary N) is 1. The van der Waals surface area contributed by atoms with Crippen molar-refractivity contribution in [3.8, 4) is 0 Å². The smallest absolute Gasteiger partial charge is 0.0595 e. The fourth-order valence-corrected chi connectivity index (χ4v) is 3.18. The number of rotatable bonds is 7. The molecule has 1 fully saturated rings. The summed E-state index contributed by atoms with van der Waals surface area (Å²) in [6, 6.07) is 6.04.